The van der Waals surface area contributed by atoms with Crippen LogP contribution < -0.4 is 15.8 Å². The van der Waals surface area contributed by atoms with Crippen molar-refractivity contribution in [3.63, 3.8) is 0 Å². The average Bonchev–Trinajstić information content (AvgIpc) is 2.39. The summed E-state index contributed by atoms with van der Waals surface area (Å²) in [4.78, 5) is 18.3. The fraction of sp³-hybridized carbons (Fsp3) is 0. The molecule has 9 heteroatoms. The molecule has 0 atom stereocenters. The maximum Gasteiger partial charge on any atom is 0.316 e. The third-order valence-electron chi connectivity index (χ3n) is 2.21. The minimum atomic E-state index is -3.82. The van der Waals surface area contributed by atoms with Crippen molar-refractivity contribution in [3.8, 4) is 0 Å². The first-order valence-corrected chi connectivity index (χ1v) is 6.91. The van der Waals surface area contributed by atoms with Gasteiger partial charge in [0, 0.05) is 18.1 Å². The Hall–Kier alpha value is -2.68. The Labute approximate surface area is 115 Å². The van der Waals surface area contributed by atoms with Gasteiger partial charge in [0.15, 0.2) is 5.82 Å². The summed E-state index contributed by atoms with van der Waals surface area (Å²) in [6.45, 7) is 0. The monoisotopic (exact) mass is 293 g/mol. The smallest absolute Gasteiger partial charge is 0.316 e. The zero-order valence-electron chi connectivity index (χ0n) is 10.1. The molecule has 0 saturated carbocycles. The highest BCUT2D eigenvalue weighted by Gasteiger charge is 2.15. The number of anilines is 2. The minimum Gasteiger partial charge on any atom is -0.351 e. The van der Waals surface area contributed by atoms with E-state index in [0.29, 0.717) is 0 Å². The predicted octanol–water partition coefficient (Wildman–Crippen LogP) is 0.768. The van der Waals surface area contributed by atoms with Crippen LogP contribution in [0.2, 0.25) is 0 Å². The van der Waals surface area contributed by atoms with Gasteiger partial charge in [-0.25, -0.2) is 18.2 Å². The molecule has 2 aromatic rings. The van der Waals surface area contributed by atoms with Gasteiger partial charge in [-0.05, 0) is 18.2 Å². The molecule has 104 valence electrons. The van der Waals surface area contributed by atoms with Crippen molar-refractivity contribution in [3.05, 3.63) is 42.9 Å². The van der Waals surface area contributed by atoms with Crippen molar-refractivity contribution >= 4 is 27.6 Å². The highest BCUT2D eigenvalue weighted by Crippen LogP contribution is 2.17. The standard InChI is InChI=1S/C11H11N5O3S/c12-11(17)15-8-2-1-3-9(6-8)20(18,19)16-10-7-13-4-5-14-10/h1-7H,(H,14,16)(H3,12,15,17). The van der Waals surface area contributed by atoms with Gasteiger partial charge in [0.05, 0.1) is 11.1 Å². The molecule has 20 heavy (non-hydrogen) atoms. The molecule has 0 aliphatic heterocycles. The summed E-state index contributed by atoms with van der Waals surface area (Å²) in [7, 11) is -3.82. The van der Waals surface area contributed by atoms with Gasteiger partial charge in [0.2, 0.25) is 0 Å². The number of rotatable bonds is 4. The van der Waals surface area contributed by atoms with Crippen LogP contribution in [-0.4, -0.2) is 24.4 Å². The summed E-state index contributed by atoms with van der Waals surface area (Å²) >= 11 is 0. The molecule has 8 nitrogen and oxygen atoms in total. The molecule has 0 aliphatic rings. The van der Waals surface area contributed by atoms with Gasteiger partial charge < -0.3 is 11.1 Å². The van der Waals surface area contributed by atoms with Gasteiger partial charge in [-0.3, -0.25) is 9.71 Å². The van der Waals surface area contributed by atoms with E-state index in [0.717, 1.165) is 0 Å². The number of aromatic nitrogens is 2. The van der Waals surface area contributed by atoms with Gasteiger partial charge in [-0.2, -0.15) is 0 Å². The molecule has 2 rings (SSSR count). The van der Waals surface area contributed by atoms with Crippen molar-refractivity contribution in [2.24, 2.45) is 5.73 Å². The topological polar surface area (TPSA) is 127 Å². The predicted molar refractivity (Wildman–Crippen MR) is 72.5 cm³/mol. The Morgan fingerprint density at radius 2 is 2.05 bits per heavy atom. The Kier molecular flexibility index (Phi) is 3.80. The minimum absolute atomic E-state index is 0.0330. The molecule has 0 bridgehead atoms. The molecular weight excluding hydrogens is 282 g/mol. The molecule has 4 N–H and O–H groups in total. The Balaban J connectivity index is 2.28. The van der Waals surface area contributed by atoms with Crippen molar-refractivity contribution in [2.45, 2.75) is 4.90 Å². The second-order valence-electron chi connectivity index (χ2n) is 3.71. The number of hydrogen-bond acceptors (Lipinski definition) is 5. The fourth-order valence-corrected chi connectivity index (χ4v) is 2.47. The number of amides is 2. The molecule has 0 spiro atoms. The molecule has 1 heterocycles. The van der Waals surface area contributed by atoms with Crippen LogP contribution in [0.1, 0.15) is 0 Å². The number of nitrogens with zero attached hydrogens (tertiary/aromatic N) is 2. The maximum absolute atomic E-state index is 12.1. The van der Waals surface area contributed by atoms with Crippen molar-refractivity contribution in [1.29, 1.82) is 0 Å². The Morgan fingerprint density at radius 3 is 2.70 bits per heavy atom. The average molecular weight is 293 g/mol. The summed E-state index contributed by atoms with van der Waals surface area (Å²) < 4.78 is 26.5. The van der Waals surface area contributed by atoms with E-state index in [-0.39, 0.29) is 16.4 Å². The number of hydrogen-bond donors (Lipinski definition) is 3. The van der Waals surface area contributed by atoms with E-state index in [1.165, 1.54) is 42.9 Å². The zero-order valence-corrected chi connectivity index (χ0v) is 11.0. The number of primary amides is 1. The number of benzene rings is 1. The number of carbonyl (C=O) groups is 1. The van der Waals surface area contributed by atoms with Gasteiger partial charge in [0.25, 0.3) is 10.0 Å². The quantitative estimate of drug-likeness (QED) is 0.767. The van der Waals surface area contributed by atoms with Crippen molar-refractivity contribution in [1.82, 2.24) is 9.97 Å². The molecule has 0 fully saturated rings. The summed E-state index contributed by atoms with van der Waals surface area (Å²) in [5.41, 5.74) is 5.25. The molecule has 0 saturated heterocycles. The van der Waals surface area contributed by atoms with Crippen LogP contribution in [0.25, 0.3) is 0 Å². The van der Waals surface area contributed by atoms with Gasteiger partial charge in [0.1, 0.15) is 0 Å². The molecule has 0 radical (unpaired) electrons. The number of nitrogens with one attached hydrogen (secondary N) is 2. The van der Waals surface area contributed by atoms with Crippen LogP contribution in [0.3, 0.4) is 0 Å². The first-order chi connectivity index (χ1) is 9.47. The van der Waals surface area contributed by atoms with Gasteiger partial charge in [-0.1, -0.05) is 6.07 Å². The lowest BCUT2D eigenvalue weighted by Crippen LogP contribution is -2.20. The van der Waals surface area contributed by atoms with Crippen LogP contribution >= 0.6 is 0 Å². The second-order valence-corrected chi connectivity index (χ2v) is 5.40. The Morgan fingerprint density at radius 1 is 1.25 bits per heavy atom. The zero-order chi connectivity index (χ0) is 14.6. The SMILES string of the molecule is NC(=O)Nc1cccc(S(=O)(=O)Nc2cnccn2)c1. The summed E-state index contributed by atoms with van der Waals surface area (Å²) in [6, 6.07) is 4.89. The Bertz CT molecular complexity index is 718. The third kappa shape index (κ3) is 3.42. The van der Waals surface area contributed by atoms with Crippen LogP contribution in [0.4, 0.5) is 16.3 Å². The van der Waals surface area contributed by atoms with E-state index in [1.54, 1.807) is 0 Å². The number of urea groups is 1. The summed E-state index contributed by atoms with van der Waals surface area (Å²) in [5, 5.41) is 2.30. The van der Waals surface area contributed by atoms with E-state index in [2.05, 4.69) is 20.0 Å². The van der Waals surface area contributed by atoms with E-state index >= 15 is 0 Å². The number of carbonyl (C=O) groups excluding carboxylic acids is 1. The molecule has 0 aliphatic carbocycles. The molecular formula is C11H11N5O3S. The lowest BCUT2D eigenvalue weighted by Gasteiger charge is -2.08. The lowest BCUT2D eigenvalue weighted by molar-refractivity contribution is 0.259. The van der Waals surface area contributed by atoms with Gasteiger partial charge in [-0.15, -0.1) is 0 Å². The highest BCUT2D eigenvalue weighted by molar-refractivity contribution is 7.92. The van der Waals surface area contributed by atoms with Crippen LogP contribution in [0.5, 0.6) is 0 Å². The fourth-order valence-electron chi connectivity index (χ4n) is 1.43. The normalized spacial score (nSPS) is 10.8. The van der Waals surface area contributed by atoms with Crippen LogP contribution in [0, 0.1) is 0 Å². The molecule has 1 aromatic carbocycles. The summed E-state index contributed by atoms with van der Waals surface area (Å²) in [5.74, 6) is 0.0979. The maximum atomic E-state index is 12.1. The molecule has 0 unspecified atom stereocenters. The first kappa shape index (κ1) is 13.7. The van der Waals surface area contributed by atoms with E-state index in [9.17, 15) is 13.2 Å². The summed E-state index contributed by atoms with van der Waals surface area (Å²) in [6.07, 6.45) is 4.07. The lowest BCUT2D eigenvalue weighted by atomic mass is 10.3. The van der Waals surface area contributed by atoms with E-state index in [4.69, 9.17) is 5.73 Å². The number of sulfonamides is 1. The highest BCUT2D eigenvalue weighted by atomic mass is 32.2. The largest absolute Gasteiger partial charge is 0.351 e. The van der Waals surface area contributed by atoms with Crippen molar-refractivity contribution in [2.75, 3.05) is 10.0 Å². The molecule has 1 aromatic heterocycles. The van der Waals surface area contributed by atoms with Crippen LogP contribution in [-0.2, 0) is 10.0 Å². The van der Waals surface area contributed by atoms with Crippen molar-refractivity contribution < 1.29 is 13.2 Å². The molecule has 2 amide bonds. The first-order valence-electron chi connectivity index (χ1n) is 5.43. The second kappa shape index (κ2) is 5.53. The van der Waals surface area contributed by atoms with Crippen LogP contribution in [0.15, 0.2) is 47.8 Å². The third-order valence-corrected chi connectivity index (χ3v) is 3.57. The van der Waals surface area contributed by atoms with E-state index < -0.39 is 16.1 Å². The van der Waals surface area contributed by atoms with Gasteiger partial charge >= 0.3 is 6.03 Å². The van der Waals surface area contributed by atoms with E-state index in [1.807, 2.05) is 0 Å². The number of nitrogens with two attached hydrogens (primary N) is 1.